The average Bonchev–Trinajstić information content (AvgIpc) is 2.94. The molecule has 0 bridgehead atoms. The van der Waals surface area contributed by atoms with E-state index in [1.165, 1.54) is 29.4 Å². The highest BCUT2D eigenvalue weighted by atomic mass is 32.1. The van der Waals surface area contributed by atoms with E-state index in [9.17, 15) is 13.2 Å². The van der Waals surface area contributed by atoms with Crippen molar-refractivity contribution in [2.75, 3.05) is 0 Å². The Hall–Kier alpha value is -1.96. The monoisotopic (exact) mass is 354 g/mol. The van der Waals surface area contributed by atoms with Crippen LogP contribution in [0.5, 0.6) is 0 Å². The average molecular weight is 354 g/mol. The lowest BCUT2D eigenvalue weighted by Gasteiger charge is -2.19. The van der Waals surface area contributed by atoms with Gasteiger partial charge in [0.15, 0.2) is 5.82 Å². The molecule has 1 aromatic heterocycles. The van der Waals surface area contributed by atoms with Crippen LogP contribution in [0.1, 0.15) is 55.0 Å². The number of benzene rings is 1. The van der Waals surface area contributed by atoms with Gasteiger partial charge in [-0.05, 0) is 31.1 Å². The van der Waals surface area contributed by atoms with Crippen LogP contribution in [0.3, 0.4) is 0 Å². The summed E-state index contributed by atoms with van der Waals surface area (Å²) in [7, 11) is 0. The maximum absolute atomic E-state index is 13.1. The lowest BCUT2D eigenvalue weighted by molar-refractivity contribution is -0.137. The van der Waals surface area contributed by atoms with E-state index in [1.807, 2.05) is 0 Å². The highest BCUT2D eigenvalue weighted by Crippen LogP contribution is 2.32. The summed E-state index contributed by atoms with van der Waals surface area (Å²) in [6, 6.07) is 5.33. The summed E-state index contributed by atoms with van der Waals surface area (Å²) in [6.07, 6.45) is 2.19. The van der Waals surface area contributed by atoms with E-state index in [-0.39, 0.29) is 16.3 Å². The van der Waals surface area contributed by atoms with Crippen LogP contribution in [-0.4, -0.2) is 21.1 Å². The van der Waals surface area contributed by atoms with Crippen LogP contribution in [0.25, 0.3) is 0 Å². The molecule has 2 aromatic rings. The predicted molar refractivity (Wildman–Crippen MR) is 87.7 cm³/mol. The Labute approximate surface area is 142 Å². The summed E-state index contributed by atoms with van der Waals surface area (Å²) >= 11 is 5.17. The van der Waals surface area contributed by atoms with Crippen LogP contribution in [0.2, 0.25) is 0 Å². The number of hydrogen-bond donors (Lipinski definition) is 1. The Balaban J connectivity index is 1.94. The molecule has 0 aliphatic heterocycles. The first-order valence-corrected chi connectivity index (χ1v) is 8.25. The van der Waals surface area contributed by atoms with Crippen LogP contribution in [-0.2, 0) is 6.18 Å². The number of rotatable bonds is 3. The molecule has 1 fully saturated rings. The molecular weight excluding hydrogens is 337 g/mol. The Morgan fingerprint density at radius 1 is 1.21 bits per heavy atom. The van der Waals surface area contributed by atoms with Crippen molar-refractivity contribution in [3.63, 3.8) is 0 Å². The van der Waals surface area contributed by atoms with Crippen molar-refractivity contribution < 1.29 is 13.2 Å². The molecule has 0 amide bonds. The van der Waals surface area contributed by atoms with Gasteiger partial charge in [0.25, 0.3) is 0 Å². The number of nitrogens with one attached hydrogen (secondary N) is 1. The number of nitrogens with zero attached hydrogens (tertiary/aromatic N) is 3. The van der Waals surface area contributed by atoms with Crippen molar-refractivity contribution in [3.05, 3.63) is 46.0 Å². The van der Waals surface area contributed by atoms with E-state index in [0.717, 1.165) is 31.7 Å². The van der Waals surface area contributed by atoms with E-state index < -0.39 is 11.7 Å². The third kappa shape index (κ3) is 3.58. The molecule has 1 saturated carbocycles. The molecule has 0 saturated heterocycles. The number of H-pyrrole nitrogens is 1. The number of hydrogen-bond acceptors (Lipinski definition) is 3. The SMILES string of the molecule is FC(F)(F)c1ccccc1/C=N\n1c(C2CCCCC2)n[nH]c1=S. The molecule has 1 heterocycles. The van der Waals surface area contributed by atoms with Gasteiger partial charge in [0.1, 0.15) is 0 Å². The summed E-state index contributed by atoms with van der Waals surface area (Å²) in [6.45, 7) is 0. The first-order chi connectivity index (χ1) is 11.5. The van der Waals surface area contributed by atoms with Crippen LogP contribution in [0.4, 0.5) is 13.2 Å². The molecular formula is C16H17F3N4S. The fourth-order valence-corrected chi connectivity index (χ4v) is 3.21. The van der Waals surface area contributed by atoms with E-state index in [2.05, 4.69) is 15.3 Å². The molecule has 128 valence electrons. The fourth-order valence-electron chi connectivity index (χ4n) is 3.03. The molecule has 0 radical (unpaired) electrons. The number of aromatic nitrogens is 3. The van der Waals surface area contributed by atoms with Gasteiger partial charge in [-0.2, -0.15) is 28.0 Å². The van der Waals surface area contributed by atoms with Gasteiger partial charge in [0, 0.05) is 11.5 Å². The zero-order valence-corrected chi connectivity index (χ0v) is 13.7. The summed E-state index contributed by atoms with van der Waals surface area (Å²) in [5.74, 6) is 0.933. The Kier molecular flexibility index (Phi) is 4.84. The summed E-state index contributed by atoms with van der Waals surface area (Å²) in [5, 5.41) is 11.1. The number of alkyl halides is 3. The first kappa shape index (κ1) is 16.9. The van der Waals surface area contributed by atoms with Gasteiger partial charge in [0.05, 0.1) is 11.8 Å². The van der Waals surface area contributed by atoms with Crippen molar-refractivity contribution in [2.45, 2.75) is 44.2 Å². The second kappa shape index (κ2) is 6.88. The second-order valence-electron chi connectivity index (χ2n) is 5.86. The van der Waals surface area contributed by atoms with E-state index >= 15 is 0 Å². The topological polar surface area (TPSA) is 46.0 Å². The Bertz CT molecular complexity index is 785. The lowest BCUT2D eigenvalue weighted by Crippen LogP contribution is -2.11. The number of halogens is 3. The van der Waals surface area contributed by atoms with Crippen molar-refractivity contribution in [2.24, 2.45) is 5.10 Å². The Morgan fingerprint density at radius 3 is 2.62 bits per heavy atom. The van der Waals surface area contributed by atoms with Crippen molar-refractivity contribution in [1.82, 2.24) is 14.9 Å². The van der Waals surface area contributed by atoms with Gasteiger partial charge in [-0.15, -0.1) is 0 Å². The zero-order chi connectivity index (χ0) is 17.2. The third-order valence-corrected chi connectivity index (χ3v) is 4.49. The fraction of sp³-hybridized carbons (Fsp3) is 0.438. The molecule has 1 aliphatic rings. The molecule has 3 rings (SSSR count). The highest BCUT2D eigenvalue weighted by molar-refractivity contribution is 7.71. The van der Waals surface area contributed by atoms with Crippen LogP contribution < -0.4 is 0 Å². The van der Waals surface area contributed by atoms with E-state index in [0.29, 0.717) is 5.82 Å². The quantitative estimate of drug-likeness (QED) is 0.630. The van der Waals surface area contributed by atoms with Gasteiger partial charge in [-0.25, -0.2) is 0 Å². The third-order valence-electron chi connectivity index (χ3n) is 4.22. The molecule has 1 aliphatic carbocycles. The summed E-state index contributed by atoms with van der Waals surface area (Å²) in [4.78, 5) is 0. The molecule has 0 unspecified atom stereocenters. The summed E-state index contributed by atoms with van der Waals surface area (Å²) in [5.41, 5.74) is -0.717. The maximum Gasteiger partial charge on any atom is 0.417 e. The molecule has 8 heteroatoms. The van der Waals surface area contributed by atoms with E-state index in [1.54, 1.807) is 6.07 Å². The Morgan fingerprint density at radius 2 is 1.92 bits per heavy atom. The van der Waals surface area contributed by atoms with Gasteiger partial charge in [-0.1, -0.05) is 37.5 Å². The van der Waals surface area contributed by atoms with Crippen molar-refractivity contribution in [3.8, 4) is 0 Å². The van der Waals surface area contributed by atoms with Gasteiger partial charge < -0.3 is 0 Å². The minimum absolute atomic E-state index is 0.00249. The molecule has 0 atom stereocenters. The molecule has 1 N–H and O–H groups in total. The van der Waals surface area contributed by atoms with E-state index in [4.69, 9.17) is 12.2 Å². The molecule has 4 nitrogen and oxygen atoms in total. The normalized spacial score (nSPS) is 16.8. The van der Waals surface area contributed by atoms with Gasteiger partial charge in [-0.3, -0.25) is 5.10 Å². The predicted octanol–water partition coefficient (Wildman–Crippen LogP) is 4.89. The largest absolute Gasteiger partial charge is 0.417 e. The first-order valence-electron chi connectivity index (χ1n) is 7.84. The smallest absolute Gasteiger partial charge is 0.250 e. The van der Waals surface area contributed by atoms with Crippen LogP contribution in [0, 0.1) is 4.77 Å². The lowest BCUT2D eigenvalue weighted by atomic mass is 9.89. The van der Waals surface area contributed by atoms with Gasteiger partial charge in [0.2, 0.25) is 4.77 Å². The van der Waals surface area contributed by atoms with Crippen LogP contribution in [0.15, 0.2) is 29.4 Å². The molecule has 1 aromatic carbocycles. The molecule has 24 heavy (non-hydrogen) atoms. The number of aromatic amines is 1. The zero-order valence-electron chi connectivity index (χ0n) is 12.9. The second-order valence-corrected chi connectivity index (χ2v) is 6.25. The molecule has 0 spiro atoms. The minimum Gasteiger partial charge on any atom is -0.250 e. The van der Waals surface area contributed by atoms with Crippen molar-refractivity contribution in [1.29, 1.82) is 0 Å². The van der Waals surface area contributed by atoms with Crippen molar-refractivity contribution >= 4 is 18.4 Å². The minimum atomic E-state index is -4.42. The summed E-state index contributed by atoms with van der Waals surface area (Å²) < 4.78 is 40.9. The van der Waals surface area contributed by atoms with Gasteiger partial charge >= 0.3 is 6.18 Å². The highest BCUT2D eigenvalue weighted by Gasteiger charge is 2.32. The standard InChI is InChI=1S/C16H17F3N4S/c17-16(18,19)13-9-5-4-8-12(13)10-20-23-14(21-22-15(23)24)11-6-2-1-3-7-11/h4-5,8-11H,1-3,6-7H2,(H,22,24)/b20-10-. The maximum atomic E-state index is 13.1. The van der Waals surface area contributed by atoms with Crippen LogP contribution >= 0.6 is 12.2 Å².